The van der Waals surface area contributed by atoms with Crippen LogP contribution in [0, 0.1) is 10.1 Å². The molecule has 0 saturated carbocycles. The van der Waals surface area contributed by atoms with Crippen molar-refractivity contribution in [2.24, 2.45) is 5.73 Å². The van der Waals surface area contributed by atoms with Gasteiger partial charge in [0.2, 0.25) is 0 Å². The first-order valence-corrected chi connectivity index (χ1v) is 7.66. The molecule has 0 radical (unpaired) electrons. The van der Waals surface area contributed by atoms with E-state index in [1.807, 2.05) is 30.3 Å². The van der Waals surface area contributed by atoms with Crippen LogP contribution < -0.4 is 15.8 Å². The lowest BCUT2D eigenvalue weighted by molar-refractivity contribution is -0.384. The van der Waals surface area contributed by atoms with Crippen molar-refractivity contribution in [3.8, 4) is 5.75 Å². The zero-order valence-electron chi connectivity index (χ0n) is 13.2. The number of aliphatic hydroxyl groups is 1. The molecule has 7 nitrogen and oxygen atoms in total. The van der Waals surface area contributed by atoms with Crippen molar-refractivity contribution in [2.45, 2.75) is 18.6 Å². The van der Waals surface area contributed by atoms with Crippen LogP contribution in [0.15, 0.2) is 54.6 Å². The van der Waals surface area contributed by atoms with E-state index in [4.69, 9.17) is 10.5 Å². The van der Waals surface area contributed by atoms with E-state index in [1.54, 1.807) is 12.1 Å². The number of hydrogen-bond donors (Lipinski definition) is 3. The number of nitro groups is 1. The zero-order chi connectivity index (χ0) is 17.4. The number of benzene rings is 2. The summed E-state index contributed by atoms with van der Waals surface area (Å²) in [7, 11) is 0. The highest BCUT2D eigenvalue weighted by molar-refractivity contribution is 5.48. The summed E-state index contributed by atoms with van der Waals surface area (Å²) in [6, 6.07) is 14.9. The Morgan fingerprint density at radius 2 is 1.83 bits per heavy atom. The van der Waals surface area contributed by atoms with E-state index in [9.17, 15) is 15.2 Å². The quantitative estimate of drug-likeness (QED) is 0.480. The van der Waals surface area contributed by atoms with Crippen LogP contribution in [0.4, 0.5) is 11.4 Å². The third-order valence-electron chi connectivity index (χ3n) is 3.54. The minimum absolute atomic E-state index is 0.0470. The first kappa shape index (κ1) is 17.7. The van der Waals surface area contributed by atoms with Gasteiger partial charge in [-0.2, -0.15) is 0 Å². The molecule has 0 aliphatic rings. The number of rotatable bonds is 9. The Hall–Kier alpha value is -2.64. The van der Waals surface area contributed by atoms with E-state index in [0.717, 1.165) is 5.69 Å². The number of nitrogens with zero attached hydrogens (tertiary/aromatic N) is 1. The van der Waals surface area contributed by atoms with Crippen molar-refractivity contribution in [3.63, 3.8) is 0 Å². The summed E-state index contributed by atoms with van der Waals surface area (Å²) in [5.41, 5.74) is 6.76. The van der Waals surface area contributed by atoms with Crippen molar-refractivity contribution in [1.82, 2.24) is 0 Å². The molecule has 0 aliphatic heterocycles. The Bertz CT molecular complexity index is 634. The molecule has 0 aromatic heterocycles. The van der Waals surface area contributed by atoms with Gasteiger partial charge in [0.15, 0.2) is 0 Å². The topological polar surface area (TPSA) is 111 Å². The van der Waals surface area contributed by atoms with E-state index >= 15 is 0 Å². The lowest BCUT2D eigenvalue weighted by Crippen LogP contribution is -2.40. The molecule has 0 fully saturated rings. The van der Waals surface area contributed by atoms with E-state index < -0.39 is 17.1 Å². The second-order valence-electron chi connectivity index (χ2n) is 5.37. The third-order valence-corrected chi connectivity index (χ3v) is 3.54. The second kappa shape index (κ2) is 8.85. The molecule has 4 N–H and O–H groups in total. The SMILES string of the molecule is NC(CCNc1ccc([N+](=O)[O-])cc1)C(O)COc1ccccc1. The van der Waals surface area contributed by atoms with Crippen LogP contribution in [-0.4, -0.2) is 35.3 Å². The lowest BCUT2D eigenvalue weighted by atomic mass is 10.1. The summed E-state index contributed by atoms with van der Waals surface area (Å²) in [4.78, 5) is 10.1. The van der Waals surface area contributed by atoms with Crippen LogP contribution in [0.2, 0.25) is 0 Å². The van der Waals surface area contributed by atoms with Gasteiger partial charge in [-0.25, -0.2) is 0 Å². The Morgan fingerprint density at radius 3 is 2.46 bits per heavy atom. The molecular weight excluding hydrogens is 310 g/mol. The fourth-order valence-corrected chi connectivity index (χ4v) is 2.10. The highest BCUT2D eigenvalue weighted by Gasteiger charge is 2.15. The maximum Gasteiger partial charge on any atom is 0.269 e. The smallest absolute Gasteiger partial charge is 0.269 e. The molecule has 7 heteroatoms. The van der Waals surface area contributed by atoms with Crippen molar-refractivity contribution < 1.29 is 14.8 Å². The minimum Gasteiger partial charge on any atom is -0.491 e. The standard InChI is InChI=1S/C17H21N3O4/c18-16(17(21)12-24-15-4-2-1-3-5-15)10-11-19-13-6-8-14(9-7-13)20(22)23/h1-9,16-17,19,21H,10-12,18H2. The molecule has 0 spiro atoms. The lowest BCUT2D eigenvalue weighted by Gasteiger charge is -2.19. The van der Waals surface area contributed by atoms with Crippen molar-refractivity contribution in [3.05, 3.63) is 64.7 Å². The number of para-hydroxylation sites is 1. The van der Waals surface area contributed by atoms with Gasteiger partial charge in [0.1, 0.15) is 18.5 Å². The van der Waals surface area contributed by atoms with Gasteiger partial charge in [-0.3, -0.25) is 10.1 Å². The summed E-state index contributed by atoms with van der Waals surface area (Å²) in [6.07, 6.45) is -0.236. The zero-order valence-corrected chi connectivity index (χ0v) is 13.2. The molecule has 2 aromatic rings. The number of non-ortho nitro benzene ring substituents is 1. The van der Waals surface area contributed by atoms with Crippen LogP contribution in [0.25, 0.3) is 0 Å². The van der Waals surface area contributed by atoms with Gasteiger partial charge in [0, 0.05) is 30.4 Å². The molecule has 2 atom stereocenters. The normalized spacial score (nSPS) is 13.1. The molecule has 0 aliphatic carbocycles. The highest BCUT2D eigenvalue weighted by Crippen LogP contribution is 2.15. The first-order valence-electron chi connectivity index (χ1n) is 7.66. The van der Waals surface area contributed by atoms with Gasteiger partial charge in [-0.1, -0.05) is 18.2 Å². The fourth-order valence-electron chi connectivity index (χ4n) is 2.10. The number of nitro benzene ring substituents is 1. The Kier molecular flexibility index (Phi) is 6.53. The first-order chi connectivity index (χ1) is 11.6. The van der Waals surface area contributed by atoms with Crippen LogP contribution in [-0.2, 0) is 0 Å². The largest absolute Gasteiger partial charge is 0.491 e. The number of aliphatic hydroxyl groups excluding tert-OH is 1. The Morgan fingerprint density at radius 1 is 1.17 bits per heavy atom. The van der Waals surface area contributed by atoms with Gasteiger partial charge in [0.25, 0.3) is 5.69 Å². The molecule has 0 saturated heterocycles. The van der Waals surface area contributed by atoms with Gasteiger partial charge in [-0.15, -0.1) is 0 Å². The number of hydrogen-bond acceptors (Lipinski definition) is 6. The molecule has 2 aromatic carbocycles. The Balaban J connectivity index is 1.70. The predicted molar refractivity (Wildman–Crippen MR) is 92.1 cm³/mol. The monoisotopic (exact) mass is 331 g/mol. The highest BCUT2D eigenvalue weighted by atomic mass is 16.6. The molecule has 2 unspecified atom stereocenters. The second-order valence-corrected chi connectivity index (χ2v) is 5.37. The number of ether oxygens (including phenoxy) is 1. The van der Waals surface area contributed by atoms with Gasteiger partial charge in [-0.05, 0) is 30.7 Å². The molecule has 0 heterocycles. The van der Waals surface area contributed by atoms with Crippen LogP contribution >= 0.6 is 0 Å². The molecular formula is C17H21N3O4. The molecule has 24 heavy (non-hydrogen) atoms. The summed E-state index contributed by atoms with van der Waals surface area (Å²) < 4.78 is 5.47. The summed E-state index contributed by atoms with van der Waals surface area (Å²) in [5, 5.41) is 23.7. The average Bonchev–Trinajstić information content (AvgIpc) is 2.61. The fraction of sp³-hybridized carbons (Fsp3) is 0.294. The van der Waals surface area contributed by atoms with Gasteiger partial charge in [0.05, 0.1) is 4.92 Å². The van der Waals surface area contributed by atoms with E-state index in [-0.39, 0.29) is 12.3 Å². The molecule has 0 bridgehead atoms. The van der Waals surface area contributed by atoms with Crippen molar-refractivity contribution in [1.29, 1.82) is 0 Å². The number of anilines is 1. The maximum atomic E-state index is 10.6. The Labute approximate surface area is 140 Å². The van der Waals surface area contributed by atoms with E-state index in [0.29, 0.717) is 18.7 Å². The maximum absolute atomic E-state index is 10.6. The molecule has 0 amide bonds. The predicted octanol–water partition coefficient (Wildman–Crippen LogP) is 2.16. The average molecular weight is 331 g/mol. The van der Waals surface area contributed by atoms with Crippen LogP contribution in [0.5, 0.6) is 5.75 Å². The van der Waals surface area contributed by atoms with Crippen molar-refractivity contribution in [2.75, 3.05) is 18.5 Å². The van der Waals surface area contributed by atoms with Crippen LogP contribution in [0.3, 0.4) is 0 Å². The van der Waals surface area contributed by atoms with Crippen LogP contribution in [0.1, 0.15) is 6.42 Å². The van der Waals surface area contributed by atoms with E-state index in [1.165, 1.54) is 12.1 Å². The molecule has 128 valence electrons. The third kappa shape index (κ3) is 5.53. The van der Waals surface area contributed by atoms with E-state index in [2.05, 4.69) is 5.32 Å². The summed E-state index contributed by atoms with van der Waals surface area (Å²) in [6.45, 7) is 0.671. The van der Waals surface area contributed by atoms with Gasteiger partial charge < -0.3 is 20.9 Å². The number of nitrogens with one attached hydrogen (secondary N) is 1. The minimum atomic E-state index is -0.774. The van der Waals surface area contributed by atoms with Crippen molar-refractivity contribution >= 4 is 11.4 Å². The summed E-state index contributed by atoms with van der Waals surface area (Å²) in [5.74, 6) is 0.688. The van der Waals surface area contributed by atoms with Gasteiger partial charge >= 0.3 is 0 Å². The number of nitrogens with two attached hydrogens (primary N) is 1. The molecule has 2 rings (SSSR count). The summed E-state index contributed by atoms with van der Waals surface area (Å²) >= 11 is 0.